The van der Waals surface area contributed by atoms with Gasteiger partial charge in [-0.25, -0.2) is 0 Å². The monoisotopic (exact) mass is 421 g/mol. The second-order valence-corrected chi connectivity index (χ2v) is 10.7. The van der Waals surface area contributed by atoms with Crippen LogP contribution in [0.3, 0.4) is 0 Å². The SMILES string of the molecule is CC(C)[C@H](O)P1(=O)O[C@@H](c2ccccc2)[C@@H](c2ccccc2)N[C@H]1c1ccccc1. The Balaban J connectivity index is 1.84. The maximum Gasteiger partial charge on any atom is 0.252 e. The van der Waals surface area contributed by atoms with Crippen molar-refractivity contribution in [3.8, 4) is 0 Å². The van der Waals surface area contributed by atoms with Gasteiger partial charge in [0.1, 0.15) is 17.7 Å². The summed E-state index contributed by atoms with van der Waals surface area (Å²) >= 11 is 0. The van der Waals surface area contributed by atoms with Gasteiger partial charge in [0.2, 0.25) is 0 Å². The van der Waals surface area contributed by atoms with Gasteiger partial charge in [-0.2, -0.15) is 0 Å². The molecule has 0 bridgehead atoms. The Morgan fingerprint density at radius 3 is 1.77 bits per heavy atom. The molecule has 5 atom stereocenters. The summed E-state index contributed by atoms with van der Waals surface area (Å²) in [6.45, 7) is 3.74. The largest absolute Gasteiger partial charge is 0.383 e. The van der Waals surface area contributed by atoms with Crippen LogP contribution in [0.25, 0.3) is 0 Å². The van der Waals surface area contributed by atoms with Crippen LogP contribution in [0, 0.1) is 5.92 Å². The fraction of sp³-hybridized carbons (Fsp3) is 0.280. The Kier molecular flexibility index (Phi) is 6.21. The first-order chi connectivity index (χ1) is 14.5. The molecular formula is C25H28NO3P. The molecule has 1 unspecified atom stereocenters. The second-order valence-electron chi connectivity index (χ2n) is 8.11. The van der Waals surface area contributed by atoms with Crippen LogP contribution < -0.4 is 5.32 Å². The first-order valence-corrected chi connectivity index (χ1v) is 12.1. The number of aliphatic hydroxyl groups is 1. The van der Waals surface area contributed by atoms with E-state index in [2.05, 4.69) is 5.32 Å². The van der Waals surface area contributed by atoms with Crippen LogP contribution >= 0.6 is 7.37 Å². The van der Waals surface area contributed by atoms with Crippen molar-refractivity contribution in [3.63, 3.8) is 0 Å². The number of hydrogen-bond donors (Lipinski definition) is 2. The smallest absolute Gasteiger partial charge is 0.252 e. The zero-order chi connectivity index (χ0) is 21.1. The van der Waals surface area contributed by atoms with Crippen LogP contribution in [0.5, 0.6) is 0 Å². The minimum absolute atomic E-state index is 0.200. The quantitative estimate of drug-likeness (QED) is 0.493. The van der Waals surface area contributed by atoms with E-state index >= 15 is 0 Å². The summed E-state index contributed by atoms with van der Waals surface area (Å²) in [7, 11) is -3.53. The number of nitrogens with one attached hydrogen (secondary N) is 1. The molecule has 0 amide bonds. The minimum atomic E-state index is -3.53. The summed E-state index contributed by atoms with van der Waals surface area (Å²) in [6, 6.07) is 29.3. The molecule has 1 aliphatic rings. The van der Waals surface area contributed by atoms with Gasteiger partial charge in [0.25, 0.3) is 7.37 Å². The molecule has 3 aromatic rings. The maximum atomic E-state index is 14.3. The Bertz CT molecular complexity index is 995. The first kappa shape index (κ1) is 21.0. The van der Waals surface area contributed by atoms with Crippen LogP contribution in [0.2, 0.25) is 0 Å². The second kappa shape index (κ2) is 8.87. The zero-order valence-corrected chi connectivity index (χ0v) is 18.2. The molecular weight excluding hydrogens is 393 g/mol. The van der Waals surface area contributed by atoms with Gasteiger partial charge in [-0.3, -0.25) is 9.88 Å². The maximum absolute atomic E-state index is 14.3. The molecule has 4 nitrogen and oxygen atoms in total. The molecule has 4 rings (SSSR count). The van der Waals surface area contributed by atoms with Gasteiger partial charge in [0.05, 0.1) is 6.04 Å². The number of benzene rings is 3. The van der Waals surface area contributed by atoms with Crippen molar-refractivity contribution >= 4 is 7.37 Å². The molecule has 0 saturated carbocycles. The predicted octanol–water partition coefficient (Wildman–Crippen LogP) is 6.04. The summed E-state index contributed by atoms with van der Waals surface area (Å²) in [6.07, 6.45) is -0.479. The summed E-state index contributed by atoms with van der Waals surface area (Å²) in [5.74, 6) is -1.87. The van der Waals surface area contributed by atoms with Crippen LogP contribution in [0.4, 0.5) is 0 Å². The van der Waals surface area contributed by atoms with Crippen LogP contribution in [0.1, 0.15) is 48.5 Å². The number of hydrogen-bond acceptors (Lipinski definition) is 4. The van der Waals surface area contributed by atoms with Crippen molar-refractivity contribution < 1.29 is 14.2 Å². The summed E-state index contributed by atoms with van der Waals surface area (Å²) in [5.41, 5.74) is 2.84. The van der Waals surface area contributed by atoms with E-state index in [1.165, 1.54) is 0 Å². The van der Waals surface area contributed by atoms with Gasteiger partial charge in [-0.15, -0.1) is 0 Å². The molecule has 0 aliphatic carbocycles. The predicted molar refractivity (Wildman–Crippen MR) is 120 cm³/mol. The van der Waals surface area contributed by atoms with E-state index in [1.54, 1.807) is 0 Å². The fourth-order valence-electron chi connectivity index (χ4n) is 4.06. The van der Waals surface area contributed by atoms with Crippen molar-refractivity contribution in [1.29, 1.82) is 0 Å². The fourth-order valence-corrected chi connectivity index (χ4v) is 7.00. The van der Waals surface area contributed by atoms with E-state index < -0.39 is 25.1 Å². The van der Waals surface area contributed by atoms with Gasteiger partial charge in [-0.1, -0.05) is 105 Å². The van der Waals surface area contributed by atoms with Crippen LogP contribution in [-0.4, -0.2) is 11.0 Å². The molecule has 30 heavy (non-hydrogen) atoms. The molecule has 0 spiro atoms. The molecule has 0 radical (unpaired) electrons. The summed E-state index contributed by atoms with van der Waals surface area (Å²) in [5, 5.41) is 14.6. The molecule has 3 aromatic carbocycles. The van der Waals surface area contributed by atoms with Crippen LogP contribution in [0.15, 0.2) is 91.0 Å². The number of rotatable bonds is 5. The van der Waals surface area contributed by atoms with Crippen molar-refractivity contribution in [3.05, 3.63) is 108 Å². The van der Waals surface area contributed by atoms with Crippen LogP contribution in [-0.2, 0) is 9.09 Å². The summed E-state index contributed by atoms with van der Waals surface area (Å²) in [4.78, 5) is 0. The third-order valence-electron chi connectivity index (χ3n) is 5.65. The minimum Gasteiger partial charge on any atom is -0.383 e. The van der Waals surface area contributed by atoms with E-state index in [1.807, 2.05) is 105 Å². The molecule has 2 N–H and O–H groups in total. The number of aliphatic hydroxyl groups excluding tert-OH is 1. The molecule has 1 aliphatic heterocycles. The van der Waals surface area contributed by atoms with E-state index in [9.17, 15) is 9.67 Å². The van der Waals surface area contributed by atoms with Gasteiger partial charge in [0.15, 0.2) is 0 Å². The van der Waals surface area contributed by atoms with Crippen molar-refractivity contribution in [2.45, 2.75) is 37.6 Å². The Morgan fingerprint density at radius 2 is 1.27 bits per heavy atom. The first-order valence-electron chi connectivity index (χ1n) is 10.4. The van der Waals surface area contributed by atoms with E-state index in [0.29, 0.717) is 0 Å². The average molecular weight is 421 g/mol. The van der Waals surface area contributed by atoms with Crippen molar-refractivity contribution in [1.82, 2.24) is 5.32 Å². The lowest BCUT2D eigenvalue weighted by atomic mass is 9.95. The normalized spacial score (nSPS) is 27.7. The molecule has 156 valence electrons. The van der Waals surface area contributed by atoms with E-state index in [0.717, 1.165) is 16.7 Å². The van der Waals surface area contributed by atoms with Gasteiger partial charge < -0.3 is 9.63 Å². The molecule has 0 aromatic heterocycles. The Morgan fingerprint density at radius 1 is 0.800 bits per heavy atom. The molecule has 1 fully saturated rings. The zero-order valence-electron chi connectivity index (χ0n) is 17.3. The van der Waals surface area contributed by atoms with Crippen molar-refractivity contribution in [2.24, 2.45) is 5.92 Å². The van der Waals surface area contributed by atoms with Gasteiger partial charge in [0, 0.05) is 0 Å². The average Bonchev–Trinajstić information content (AvgIpc) is 2.80. The summed E-state index contributed by atoms with van der Waals surface area (Å²) < 4.78 is 20.8. The standard InChI is InChI=1S/C25H28NO3P/c1-18(2)25(27)30(28)24(21-16-10-5-11-17-21)26-22(19-12-6-3-7-13-19)23(29-30)20-14-8-4-9-15-20/h3-18,22-27H,1-2H3/t22-,23+,24-,25-,30?/m1/s1. The van der Waals surface area contributed by atoms with Crippen molar-refractivity contribution in [2.75, 3.05) is 0 Å². The highest BCUT2D eigenvalue weighted by Gasteiger charge is 2.51. The lowest BCUT2D eigenvalue weighted by Gasteiger charge is -2.45. The lowest BCUT2D eigenvalue weighted by Crippen LogP contribution is -2.40. The topological polar surface area (TPSA) is 58.6 Å². The Labute approximate surface area is 178 Å². The molecule has 1 saturated heterocycles. The van der Waals surface area contributed by atoms with Gasteiger partial charge >= 0.3 is 0 Å². The third kappa shape index (κ3) is 4.01. The third-order valence-corrected chi connectivity index (χ3v) is 8.70. The van der Waals surface area contributed by atoms with E-state index in [4.69, 9.17) is 4.52 Å². The highest BCUT2D eigenvalue weighted by Crippen LogP contribution is 2.69. The highest BCUT2D eigenvalue weighted by molar-refractivity contribution is 7.59. The van der Waals surface area contributed by atoms with Gasteiger partial charge in [-0.05, 0) is 22.6 Å². The van der Waals surface area contributed by atoms with E-state index in [-0.39, 0.29) is 12.0 Å². The highest BCUT2D eigenvalue weighted by atomic mass is 31.2. The molecule has 5 heteroatoms. The lowest BCUT2D eigenvalue weighted by molar-refractivity contribution is 0.0878. The Hall–Kier alpha value is -2.23. The molecule has 1 heterocycles.